The lowest BCUT2D eigenvalue weighted by Gasteiger charge is -2.04. The predicted octanol–water partition coefficient (Wildman–Crippen LogP) is 2.23. The van der Waals surface area contributed by atoms with Gasteiger partial charge in [-0.25, -0.2) is 0 Å². The highest BCUT2D eigenvalue weighted by Gasteiger charge is 2.10. The minimum atomic E-state index is 0.199. The summed E-state index contributed by atoms with van der Waals surface area (Å²) in [6.07, 6.45) is 5.32. The monoisotopic (exact) mass is 212 g/mol. The van der Waals surface area contributed by atoms with Crippen LogP contribution in [0, 0.1) is 0 Å². The number of hydrogen-bond acceptors (Lipinski definition) is 3. The van der Waals surface area contributed by atoms with Gasteiger partial charge in [0.15, 0.2) is 5.78 Å². The fourth-order valence-electron chi connectivity index (χ4n) is 1.28. The molecule has 0 saturated heterocycles. The lowest BCUT2D eigenvalue weighted by Crippen LogP contribution is -2.10. The van der Waals surface area contributed by atoms with E-state index in [1.165, 1.54) is 0 Å². The third kappa shape index (κ3) is 2.87. The summed E-state index contributed by atoms with van der Waals surface area (Å²) in [7, 11) is 0. The molecule has 0 N–H and O–H groups in total. The first kappa shape index (κ1) is 11.3. The second-order valence-electron chi connectivity index (χ2n) is 3.11. The largest absolute Gasteiger partial charge is 0.292 e. The van der Waals surface area contributed by atoms with Gasteiger partial charge in [-0.1, -0.05) is 6.92 Å². The molecule has 1 heterocycles. The molecule has 0 aliphatic rings. The van der Waals surface area contributed by atoms with Crippen LogP contribution >= 0.6 is 11.8 Å². The molecule has 4 heteroatoms. The number of thioether (sulfide) groups is 1. The minimum Gasteiger partial charge on any atom is -0.292 e. The highest BCUT2D eigenvalue weighted by atomic mass is 32.2. The molecular weight excluding hydrogens is 196 g/mol. The zero-order valence-electron chi connectivity index (χ0n) is 8.69. The van der Waals surface area contributed by atoms with Crippen LogP contribution in [0.15, 0.2) is 12.3 Å². The summed E-state index contributed by atoms with van der Waals surface area (Å²) < 4.78 is 1.79. The van der Waals surface area contributed by atoms with Gasteiger partial charge in [0.25, 0.3) is 0 Å². The molecule has 3 nitrogen and oxygen atoms in total. The van der Waals surface area contributed by atoms with Crippen LogP contribution in [-0.4, -0.2) is 27.6 Å². The van der Waals surface area contributed by atoms with Gasteiger partial charge in [0.1, 0.15) is 5.69 Å². The normalized spacial score (nSPS) is 10.4. The van der Waals surface area contributed by atoms with E-state index in [1.54, 1.807) is 28.7 Å². The van der Waals surface area contributed by atoms with Crippen molar-refractivity contribution in [3.63, 3.8) is 0 Å². The van der Waals surface area contributed by atoms with Crippen LogP contribution in [0.3, 0.4) is 0 Å². The van der Waals surface area contributed by atoms with Gasteiger partial charge in [-0.15, -0.1) is 0 Å². The molecule has 78 valence electrons. The fourth-order valence-corrected chi connectivity index (χ4v) is 1.67. The molecule has 1 aromatic heterocycles. The number of carbonyl (C=O) groups is 1. The molecule has 0 aliphatic carbocycles. The Morgan fingerprint density at radius 1 is 1.64 bits per heavy atom. The standard InChI is InChI=1S/C10H16N2OS/c1-3-7-12-9(4-6-11-12)10(13)5-8-14-2/h4,6H,3,5,7-8H2,1-2H3. The third-order valence-electron chi connectivity index (χ3n) is 1.97. The maximum absolute atomic E-state index is 11.7. The Bertz CT molecular complexity index is 296. The molecule has 0 amide bonds. The fraction of sp³-hybridized carbons (Fsp3) is 0.600. The highest BCUT2D eigenvalue weighted by molar-refractivity contribution is 7.98. The average molecular weight is 212 g/mol. The molecule has 0 spiro atoms. The number of ketones is 1. The molecule has 0 aromatic carbocycles. The van der Waals surface area contributed by atoms with Crippen molar-refractivity contribution >= 4 is 17.5 Å². The van der Waals surface area contributed by atoms with Crippen LogP contribution in [-0.2, 0) is 6.54 Å². The summed E-state index contributed by atoms with van der Waals surface area (Å²) in [6.45, 7) is 2.91. The van der Waals surface area contributed by atoms with Crippen molar-refractivity contribution in [1.82, 2.24) is 9.78 Å². The van der Waals surface area contributed by atoms with Gasteiger partial charge in [-0.05, 0) is 18.7 Å². The van der Waals surface area contributed by atoms with E-state index >= 15 is 0 Å². The van der Waals surface area contributed by atoms with Crippen molar-refractivity contribution in [2.75, 3.05) is 12.0 Å². The molecule has 0 saturated carbocycles. The van der Waals surface area contributed by atoms with E-state index in [9.17, 15) is 4.79 Å². The number of nitrogens with zero attached hydrogens (tertiary/aromatic N) is 2. The van der Waals surface area contributed by atoms with Gasteiger partial charge in [0, 0.05) is 24.9 Å². The Kier molecular flexibility index (Phi) is 4.73. The van der Waals surface area contributed by atoms with E-state index in [-0.39, 0.29) is 5.78 Å². The summed E-state index contributed by atoms with van der Waals surface area (Å²) in [5, 5.41) is 4.12. The smallest absolute Gasteiger partial charge is 0.181 e. The zero-order chi connectivity index (χ0) is 10.4. The van der Waals surface area contributed by atoms with Crippen LogP contribution in [0.25, 0.3) is 0 Å². The lowest BCUT2D eigenvalue weighted by molar-refractivity contribution is 0.0979. The Morgan fingerprint density at radius 3 is 3.07 bits per heavy atom. The van der Waals surface area contributed by atoms with E-state index in [1.807, 2.05) is 6.26 Å². The van der Waals surface area contributed by atoms with Crippen molar-refractivity contribution in [2.45, 2.75) is 26.3 Å². The maximum atomic E-state index is 11.7. The topological polar surface area (TPSA) is 34.9 Å². The number of Topliss-reactive ketones (excluding diaryl/α,β-unsaturated/α-hetero) is 1. The van der Waals surface area contributed by atoms with E-state index in [0.717, 1.165) is 24.4 Å². The second kappa shape index (κ2) is 5.86. The second-order valence-corrected chi connectivity index (χ2v) is 4.09. The molecule has 14 heavy (non-hydrogen) atoms. The SMILES string of the molecule is CCCn1nccc1C(=O)CCSC. The van der Waals surface area contributed by atoms with Crippen LogP contribution < -0.4 is 0 Å². The molecular formula is C10H16N2OS. The van der Waals surface area contributed by atoms with Gasteiger partial charge < -0.3 is 0 Å². The first-order chi connectivity index (χ1) is 6.79. The molecule has 0 fully saturated rings. The summed E-state index contributed by atoms with van der Waals surface area (Å²) in [5.74, 6) is 1.08. The van der Waals surface area contributed by atoms with Gasteiger partial charge in [0.2, 0.25) is 0 Å². The van der Waals surface area contributed by atoms with Gasteiger partial charge in [0.05, 0.1) is 0 Å². The summed E-state index contributed by atoms with van der Waals surface area (Å²) in [4.78, 5) is 11.7. The van der Waals surface area contributed by atoms with E-state index in [2.05, 4.69) is 12.0 Å². The molecule has 0 unspecified atom stereocenters. The Balaban J connectivity index is 2.63. The van der Waals surface area contributed by atoms with Crippen LogP contribution in [0.4, 0.5) is 0 Å². The number of rotatable bonds is 6. The Morgan fingerprint density at radius 2 is 2.43 bits per heavy atom. The molecule has 0 aliphatic heterocycles. The number of hydrogen-bond donors (Lipinski definition) is 0. The van der Waals surface area contributed by atoms with Crippen molar-refractivity contribution < 1.29 is 4.79 Å². The van der Waals surface area contributed by atoms with Crippen LogP contribution in [0.1, 0.15) is 30.3 Å². The van der Waals surface area contributed by atoms with Gasteiger partial charge in [-0.3, -0.25) is 9.48 Å². The van der Waals surface area contributed by atoms with Crippen LogP contribution in [0.2, 0.25) is 0 Å². The molecule has 1 aromatic rings. The predicted molar refractivity (Wildman–Crippen MR) is 59.8 cm³/mol. The van der Waals surface area contributed by atoms with E-state index < -0.39 is 0 Å². The summed E-state index contributed by atoms with van der Waals surface area (Å²) >= 11 is 1.70. The van der Waals surface area contributed by atoms with Gasteiger partial charge >= 0.3 is 0 Å². The van der Waals surface area contributed by atoms with E-state index in [0.29, 0.717) is 6.42 Å². The summed E-state index contributed by atoms with van der Waals surface area (Å²) in [6, 6.07) is 1.80. The average Bonchev–Trinajstić information content (AvgIpc) is 2.63. The van der Waals surface area contributed by atoms with Crippen molar-refractivity contribution in [2.24, 2.45) is 0 Å². The van der Waals surface area contributed by atoms with Crippen molar-refractivity contribution in [1.29, 1.82) is 0 Å². The lowest BCUT2D eigenvalue weighted by atomic mass is 10.2. The highest BCUT2D eigenvalue weighted by Crippen LogP contribution is 2.06. The maximum Gasteiger partial charge on any atom is 0.181 e. The Labute approximate surface area is 88.9 Å². The van der Waals surface area contributed by atoms with Gasteiger partial charge in [-0.2, -0.15) is 16.9 Å². The zero-order valence-corrected chi connectivity index (χ0v) is 9.51. The van der Waals surface area contributed by atoms with Crippen molar-refractivity contribution in [3.05, 3.63) is 18.0 Å². The van der Waals surface area contributed by atoms with Crippen LogP contribution in [0.5, 0.6) is 0 Å². The first-order valence-electron chi connectivity index (χ1n) is 4.83. The molecule has 1 rings (SSSR count). The minimum absolute atomic E-state index is 0.199. The first-order valence-corrected chi connectivity index (χ1v) is 6.23. The van der Waals surface area contributed by atoms with Crippen molar-refractivity contribution in [3.8, 4) is 0 Å². The molecule has 0 bridgehead atoms. The number of carbonyl (C=O) groups excluding carboxylic acids is 1. The summed E-state index contributed by atoms with van der Waals surface area (Å²) in [5.41, 5.74) is 0.751. The molecule has 0 atom stereocenters. The third-order valence-corrected chi connectivity index (χ3v) is 2.58. The van der Waals surface area contributed by atoms with E-state index in [4.69, 9.17) is 0 Å². The Hall–Kier alpha value is -0.770. The number of aromatic nitrogens is 2. The molecule has 0 radical (unpaired) electrons. The quantitative estimate of drug-likeness (QED) is 0.678. The number of aryl methyl sites for hydroxylation is 1.